The SMILES string of the molecule is CCCc1cc(N)c2c(c1)NC(=O)C(C)CO2. The van der Waals surface area contributed by atoms with Gasteiger partial charge in [0, 0.05) is 0 Å². The molecule has 92 valence electrons. The summed E-state index contributed by atoms with van der Waals surface area (Å²) < 4.78 is 5.59. The summed E-state index contributed by atoms with van der Waals surface area (Å²) >= 11 is 0. The lowest BCUT2D eigenvalue weighted by atomic mass is 10.1. The first kappa shape index (κ1) is 11.8. The zero-order valence-corrected chi connectivity index (χ0v) is 10.2. The normalized spacial score (nSPS) is 18.9. The van der Waals surface area contributed by atoms with E-state index in [9.17, 15) is 4.79 Å². The number of rotatable bonds is 2. The second-order valence-electron chi connectivity index (χ2n) is 4.51. The molecule has 4 nitrogen and oxygen atoms in total. The van der Waals surface area contributed by atoms with Crippen molar-refractivity contribution in [3.05, 3.63) is 17.7 Å². The van der Waals surface area contributed by atoms with E-state index in [1.54, 1.807) is 0 Å². The fourth-order valence-electron chi connectivity index (χ4n) is 1.94. The number of ether oxygens (including phenoxy) is 1. The van der Waals surface area contributed by atoms with Crippen molar-refractivity contribution in [3.63, 3.8) is 0 Å². The van der Waals surface area contributed by atoms with Crippen molar-refractivity contribution in [2.24, 2.45) is 5.92 Å². The molecule has 0 saturated heterocycles. The molecule has 1 aromatic rings. The molecule has 0 aromatic heterocycles. The van der Waals surface area contributed by atoms with Crippen LogP contribution in [0.25, 0.3) is 0 Å². The van der Waals surface area contributed by atoms with Gasteiger partial charge in [0.25, 0.3) is 0 Å². The maximum Gasteiger partial charge on any atom is 0.230 e. The van der Waals surface area contributed by atoms with E-state index in [1.807, 2.05) is 19.1 Å². The molecule has 1 heterocycles. The molecule has 0 saturated carbocycles. The third kappa shape index (κ3) is 2.35. The number of benzene rings is 1. The Labute approximate surface area is 101 Å². The zero-order chi connectivity index (χ0) is 12.4. The van der Waals surface area contributed by atoms with Crippen LogP contribution in [0, 0.1) is 5.92 Å². The molecule has 0 fully saturated rings. The van der Waals surface area contributed by atoms with Crippen LogP contribution in [0.2, 0.25) is 0 Å². The number of nitrogens with one attached hydrogen (secondary N) is 1. The molecule has 1 aliphatic heterocycles. The number of hydrogen-bond donors (Lipinski definition) is 2. The van der Waals surface area contributed by atoms with Crippen LogP contribution < -0.4 is 15.8 Å². The van der Waals surface area contributed by atoms with Crippen molar-refractivity contribution in [1.82, 2.24) is 0 Å². The molecule has 1 amide bonds. The summed E-state index contributed by atoms with van der Waals surface area (Å²) in [6.07, 6.45) is 1.99. The van der Waals surface area contributed by atoms with Gasteiger partial charge in [0.2, 0.25) is 5.91 Å². The molecule has 0 aliphatic carbocycles. The first-order valence-corrected chi connectivity index (χ1v) is 5.98. The minimum Gasteiger partial charge on any atom is -0.488 e. The monoisotopic (exact) mass is 234 g/mol. The van der Waals surface area contributed by atoms with Gasteiger partial charge in [-0.25, -0.2) is 0 Å². The molecule has 0 radical (unpaired) electrons. The quantitative estimate of drug-likeness (QED) is 0.771. The highest BCUT2D eigenvalue weighted by molar-refractivity contribution is 5.96. The molecule has 1 unspecified atom stereocenters. The van der Waals surface area contributed by atoms with Gasteiger partial charge in [-0.1, -0.05) is 20.3 Å². The number of aryl methyl sites for hydroxylation is 1. The standard InChI is InChI=1S/C13H18N2O2/c1-3-4-9-5-10(14)12-11(6-9)15-13(16)8(2)7-17-12/h5-6,8H,3-4,7,14H2,1-2H3,(H,15,16). The van der Waals surface area contributed by atoms with Gasteiger partial charge in [-0.15, -0.1) is 0 Å². The number of carbonyl (C=O) groups excluding carboxylic acids is 1. The third-order valence-corrected chi connectivity index (χ3v) is 2.90. The van der Waals surface area contributed by atoms with E-state index in [1.165, 1.54) is 0 Å². The van der Waals surface area contributed by atoms with Crippen LogP contribution in [-0.2, 0) is 11.2 Å². The van der Waals surface area contributed by atoms with E-state index in [-0.39, 0.29) is 11.8 Å². The van der Waals surface area contributed by atoms with Gasteiger partial charge in [0.1, 0.15) is 0 Å². The minimum absolute atomic E-state index is 0.0169. The number of carbonyl (C=O) groups is 1. The highest BCUT2D eigenvalue weighted by Crippen LogP contribution is 2.35. The molecule has 4 heteroatoms. The summed E-state index contributed by atoms with van der Waals surface area (Å²) in [5.74, 6) is 0.427. The second kappa shape index (κ2) is 4.65. The molecule has 0 spiro atoms. The van der Waals surface area contributed by atoms with Crippen LogP contribution in [-0.4, -0.2) is 12.5 Å². The Morgan fingerprint density at radius 1 is 1.53 bits per heavy atom. The van der Waals surface area contributed by atoms with E-state index >= 15 is 0 Å². The van der Waals surface area contributed by atoms with Gasteiger partial charge < -0.3 is 15.8 Å². The van der Waals surface area contributed by atoms with E-state index in [4.69, 9.17) is 10.5 Å². The summed E-state index contributed by atoms with van der Waals surface area (Å²) in [5.41, 5.74) is 8.38. The number of anilines is 2. The highest BCUT2D eigenvalue weighted by atomic mass is 16.5. The fourth-order valence-corrected chi connectivity index (χ4v) is 1.94. The lowest BCUT2D eigenvalue weighted by molar-refractivity contribution is -0.119. The van der Waals surface area contributed by atoms with Crippen LogP contribution in [0.3, 0.4) is 0 Å². The zero-order valence-electron chi connectivity index (χ0n) is 10.2. The summed E-state index contributed by atoms with van der Waals surface area (Å²) in [5, 5.41) is 2.87. The van der Waals surface area contributed by atoms with E-state index in [0.29, 0.717) is 23.7 Å². The summed E-state index contributed by atoms with van der Waals surface area (Å²) in [6, 6.07) is 3.87. The number of nitrogen functional groups attached to an aromatic ring is 1. The summed E-state index contributed by atoms with van der Waals surface area (Å²) in [6.45, 7) is 4.32. The fraction of sp³-hybridized carbons (Fsp3) is 0.462. The lowest BCUT2D eigenvalue weighted by Gasteiger charge is -2.12. The van der Waals surface area contributed by atoms with Crippen molar-refractivity contribution < 1.29 is 9.53 Å². The average Bonchev–Trinajstić information content (AvgIpc) is 2.40. The Balaban J connectivity index is 2.39. The molecular formula is C13H18N2O2. The Bertz CT molecular complexity index is 443. The van der Waals surface area contributed by atoms with E-state index < -0.39 is 0 Å². The maximum absolute atomic E-state index is 11.7. The van der Waals surface area contributed by atoms with Gasteiger partial charge >= 0.3 is 0 Å². The van der Waals surface area contributed by atoms with E-state index in [0.717, 1.165) is 18.4 Å². The molecule has 17 heavy (non-hydrogen) atoms. The molecule has 1 aromatic carbocycles. The van der Waals surface area contributed by atoms with Gasteiger partial charge in [-0.3, -0.25) is 4.79 Å². The summed E-state index contributed by atoms with van der Waals surface area (Å²) in [4.78, 5) is 11.7. The summed E-state index contributed by atoms with van der Waals surface area (Å²) in [7, 11) is 0. The molecule has 2 rings (SSSR count). The second-order valence-corrected chi connectivity index (χ2v) is 4.51. The van der Waals surface area contributed by atoms with Gasteiger partial charge in [-0.05, 0) is 24.1 Å². The van der Waals surface area contributed by atoms with Crippen LogP contribution in [0.5, 0.6) is 5.75 Å². The van der Waals surface area contributed by atoms with Gasteiger partial charge in [0.15, 0.2) is 5.75 Å². The number of hydrogen-bond acceptors (Lipinski definition) is 3. The molecule has 1 atom stereocenters. The minimum atomic E-state index is -0.156. The largest absolute Gasteiger partial charge is 0.488 e. The lowest BCUT2D eigenvalue weighted by Crippen LogP contribution is -2.22. The first-order valence-electron chi connectivity index (χ1n) is 5.98. The Kier molecular flexibility index (Phi) is 3.22. The van der Waals surface area contributed by atoms with E-state index in [2.05, 4.69) is 12.2 Å². The third-order valence-electron chi connectivity index (χ3n) is 2.90. The first-order chi connectivity index (χ1) is 8.11. The molecule has 3 N–H and O–H groups in total. The van der Waals surface area contributed by atoms with Crippen LogP contribution in [0.1, 0.15) is 25.8 Å². The van der Waals surface area contributed by atoms with Crippen molar-refractivity contribution in [3.8, 4) is 5.75 Å². The number of nitrogens with two attached hydrogens (primary N) is 1. The average molecular weight is 234 g/mol. The number of amides is 1. The molecular weight excluding hydrogens is 216 g/mol. The van der Waals surface area contributed by atoms with Crippen molar-refractivity contribution in [1.29, 1.82) is 0 Å². The predicted molar refractivity (Wildman–Crippen MR) is 68.1 cm³/mol. The molecule has 0 bridgehead atoms. The van der Waals surface area contributed by atoms with Crippen LogP contribution >= 0.6 is 0 Å². The predicted octanol–water partition coefficient (Wildman–Crippen LogP) is 2.19. The van der Waals surface area contributed by atoms with Crippen LogP contribution in [0.4, 0.5) is 11.4 Å². The topological polar surface area (TPSA) is 64.3 Å². The number of fused-ring (bicyclic) bond motifs is 1. The highest BCUT2D eigenvalue weighted by Gasteiger charge is 2.22. The Hall–Kier alpha value is -1.71. The van der Waals surface area contributed by atoms with Crippen LogP contribution in [0.15, 0.2) is 12.1 Å². The van der Waals surface area contributed by atoms with Gasteiger partial charge in [0.05, 0.1) is 23.9 Å². The maximum atomic E-state index is 11.7. The molecule has 1 aliphatic rings. The van der Waals surface area contributed by atoms with Gasteiger partial charge in [-0.2, -0.15) is 0 Å². The van der Waals surface area contributed by atoms with Crippen molar-refractivity contribution in [2.45, 2.75) is 26.7 Å². The Morgan fingerprint density at radius 3 is 3.00 bits per heavy atom. The van der Waals surface area contributed by atoms with Crippen molar-refractivity contribution >= 4 is 17.3 Å². The smallest absolute Gasteiger partial charge is 0.230 e. The Morgan fingerprint density at radius 2 is 2.29 bits per heavy atom. The van der Waals surface area contributed by atoms with Crippen molar-refractivity contribution in [2.75, 3.05) is 17.7 Å².